The van der Waals surface area contributed by atoms with Gasteiger partial charge >= 0.3 is 5.97 Å². The van der Waals surface area contributed by atoms with E-state index in [-0.39, 0.29) is 29.8 Å². The molecule has 0 aromatic heterocycles. The molecule has 0 spiro atoms. The van der Waals surface area contributed by atoms with E-state index in [1.807, 2.05) is 12.1 Å². The van der Waals surface area contributed by atoms with Gasteiger partial charge in [-0.2, -0.15) is 0 Å². The van der Waals surface area contributed by atoms with Crippen LogP contribution in [0.2, 0.25) is 0 Å². The minimum absolute atomic E-state index is 0.137. The van der Waals surface area contributed by atoms with Gasteiger partial charge in [0.1, 0.15) is 0 Å². The van der Waals surface area contributed by atoms with Crippen molar-refractivity contribution in [1.82, 2.24) is 0 Å². The highest BCUT2D eigenvalue weighted by atomic mass is 16.5. The van der Waals surface area contributed by atoms with E-state index in [1.54, 1.807) is 17.0 Å². The molecule has 1 aliphatic heterocycles. The summed E-state index contributed by atoms with van der Waals surface area (Å²) >= 11 is 0. The van der Waals surface area contributed by atoms with E-state index in [1.165, 1.54) is 19.3 Å². The Morgan fingerprint density at radius 1 is 1.03 bits per heavy atom. The molecule has 0 unspecified atom stereocenters. The number of benzene rings is 1. The number of amides is 2. The zero-order chi connectivity index (χ0) is 20.0. The predicted molar refractivity (Wildman–Crippen MR) is 108 cm³/mol. The van der Waals surface area contributed by atoms with Crippen molar-refractivity contribution in [1.29, 1.82) is 0 Å². The highest BCUT2D eigenvalue weighted by Crippen LogP contribution is 2.60. The van der Waals surface area contributed by atoms with Gasteiger partial charge in [0.2, 0.25) is 5.91 Å². The first-order chi connectivity index (χ1) is 14.0. The number of rotatable bonds is 5. The van der Waals surface area contributed by atoms with Crippen molar-refractivity contribution in [3.8, 4) is 0 Å². The van der Waals surface area contributed by atoms with Crippen molar-refractivity contribution in [2.45, 2.75) is 51.4 Å². The largest absolute Gasteiger partial charge is 0.455 e. The first-order valence-electron chi connectivity index (χ1n) is 10.9. The van der Waals surface area contributed by atoms with Gasteiger partial charge in [-0.05, 0) is 87.0 Å². The minimum Gasteiger partial charge on any atom is -0.455 e. The molecule has 6 heteroatoms. The summed E-state index contributed by atoms with van der Waals surface area (Å²) < 4.78 is 5.48. The summed E-state index contributed by atoms with van der Waals surface area (Å²) in [5, 5.41) is 2.78. The zero-order valence-electron chi connectivity index (χ0n) is 16.7. The van der Waals surface area contributed by atoms with Crippen LogP contribution in [-0.2, 0) is 19.1 Å². The van der Waals surface area contributed by atoms with Gasteiger partial charge < -0.3 is 15.0 Å². The number of nitrogens with one attached hydrogen (secondary N) is 1. The lowest BCUT2D eigenvalue weighted by molar-refractivity contribution is -0.172. The highest BCUT2D eigenvalue weighted by Gasteiger charge is 2.55. The van der Waals surface area contributed by atoms with Crippen LogP contribution in [0.25, 0.3) is 0 Å². The van der Waals surface area contributed by atoms with Gasteiger partial charge in [0, 0.05) is 24.3 Å². The average molecular weight is 396 g/mol. The molecule has 6 rings (SSSR count). The highest BCUT2D eigenvalue weighted by molar-refractivity contribution is 5.96. The third-order valence-corrected chi connectivity index (χ3v) is 7.34. The van der Waals surface area contributed by atoms with Crippen molar-refractivity contribution in [3.63, 3.8) is 0 Å². The number of hydrogen-bond acceptors (Lipinski definition) is 4. The Balaban J connectivity index is 1.14. The molecule has 154 valence electrons. The van der Waals surface area contributed by atoms with Gasteiger partial charge in [-0.1, -0.05) is 0 Å². The number of nitrogens with zero attached hydrogens (tertiary/aromatic N) is 1. The quantitative estimate of drug-likeness (QED) is 0.773. The molecule has 29 heavy (non-hydrogen) atoms. The molecule has 1 heterocycles. The number of hydrogen-bond donors (Lipinski definition) is 1. The van der Waals surface area contributed by atoms with Gasteiger partial charge in [-0.3, -0.25) is 14.4 Å². The van der Waals surface area contributed by atoms with Gasteiger partial charge in [0.15, 0.2) is 6.61 Å². The molecule has 6 nitrogen and oxygen atoms in total. The number of carbonyl (C=O) groups is 3. The van der Waals surface area contributed by atoms with Crippen LogP contribution in [0.4, 0.5) is 11.4 Å². The summed E-state index contributed by atoms with van der Waals surface area (Å²) in [6.45, 7) is 0.498. The second-order valence-corrected chi connectivity index (χ2v) is 9.52. The maximum Gasteiger partial charge on any atom is 0.312 e. The summed E-state index contributed by atoms with van der Waals surface area (Å²) in [5.74, 6) is 1.65. The van der Waals surface area contributed by atoms with Gasteiger partial charge in [0.05, 0.1) is 5.41 Å². The normalized spacial score (nSPS) is 32.5. The van der Waals surface area contributed by atoms with E-state index in [9.17, 15) is 14.4 Å². The molecule has 4 bridgehead atoms. The van der Waals surface area contributed by atoms with Crippen molar-refractivity contribution < 1.29 is 19.1 Å². The molecule has 1 aromatic rings. The topological polar surface area (TPSA) is 75.7 Å². The molecule has 0 radical (unpaired) electrons. The van der Waals surface area contributed by atoms with Gasteiger partial charge in [0.25, 0.3) is 5.91 Å². The molecule has 4 saturated carbocycles. The molecule has 5 aliphatic rings. The number of carbonyl (C=O) groups excluding carboxylic acids is 3. The molecule has 0 atom stereocenters. The second-order valence-electron chi connectivity index (χ2n) is 9.52. The van der Waals surface area contributed by atoms with E-state index in [4.69, 9.17) is 4.74 Å². The monoisotopic (exact) mass is 396 g/mol. The van der Waals surface area contributed by atoms with Crippen LogP contribution in [0.1, 0.15) is 51.4 Å². The first-order valence-corrected chi connectivity index (χ1v) is 10.9. The van der Waals surface area contributed by atoms with Crippen molar-refractivity contribution >= 4 is 29.2 Å². The third kappa shape index (κ3) is 3.53. The summed E-state index contributed by atoms with van der Waals surface area (Å²) in [7, 11) is 0. The van der Waals surface area contributed by atoms with E-state index in [2.05, 4.69) is 5.32 Å². The van der Waals surface area contributed by atoms with E-state index >= 15 is 0 Å². The maximum atomic E-state index is 12.8. The lowest BCUT2D eigenvalue weighted by atomic mass is 9.49. The van der Waals surface area contributed by atoms with Crippen LogP contribution in [0.5, 0.6) is 0 Å². The van der Waals surface area contributed by atoms with Gasteiger partial charge in [-0.25, -0.2) is 0 Å². The molecule has 4 aliphatic carbocycles. The van der Waals surface area contributed by atoms with E-state index in [0.29, 0.717) is 29.9 Å². The van der Waals surface area contributed by atoms with Crippen LogP contribution in [0, 0.1) is 23.2 Å². The summed E-state index contributed by atoms with van der Waals surface area (Å²) in [6, 6.07) is 7.22. The second kappa shape index (κ2) is 7.15. The first kappa shape index (κ1) is 18.6. The Morgan fingerprint density at radius 3 is 2.21 bits per heavy atom. The molecule has 1 aromatic carbocycles. The fraction of sp³-hybridized carbons (Fsp3) is 0.609. The smallest absolute Gasteiger partial charge is 0.312 e. The Morgan fingerprint density at radius 2 is 1.66 bits per heavy atom. The Labute approximate surface area is 171 Å². The SMILES string of the molecule is O=C(COC(=O)C12CC3CC(CC(C3)C1)C2)Nc1ccc(N2CCCC2=O)cc1. The van der Waals surface area contributed by atoms with Gasteiger partial charge in [-0.15, -0.1) is 0 Å². The molecular formula is C23H28N2O4. The van der Waals surface area contributed by atoms with Crippen LogP contribution in [-0.4, -0.2) is 30.9 Å². The molecule has 5 fully saturated rings. The van der Waals surface area contributed by atoms with Crippen LogP contribution < -0.4 is 10.2 Å². The predicted octanol–water partition coefficient (Wildman–Crippen LogP) is 3.51. The van der Waals surface area contributed by atoms with Crippen LogP contribution in [0.15, 0.2) is 24.3 Å². The lowest BCUT2D eigenvalue weighted by Crippen LogP contribution is -2.50. The summed E-state index contributed by atoms with van der Waals surface area (Å²) in [6.07, 6.45) is 8.10. The lowest BCUT2D eigenvalue weighted by Gasteiger charge is -2.55. The van der Waals surface area contributed by atoms with Crippen molar-refractivity contribution in [2.24, 2.45) is 23.2 Å². The standard InChI is InChI=1S/C23H28N2O4/c26-20(24-18-3-5-19(6-4-18)25-7-1-2-21(25)27)14-29-22(28)23-11-15-8-16(12-23)10-17(9-15)13-23/h3-6,15-17H,1-2,7-14H2,(H,24,26). The van der Waals surface area contributed by atoms with Crippen molar-refractivity contribution in [2.75, 3.05) is 23.4 Å². The minimum atomic E-state index is -0.334. The zero-order valence-corrected chi connectivity index (χ0v) is 16.7. The summed E-state index contributed by atoms with van der Waals surface area (Å²) in [4.78, 5) is 38.7. The average Bonchev–Trinajstić information content (AvgIpc) is 3.11. The van der Waals surface area contributed by atoms with Crippen LogP contribution >= 0.6 is 0 Å². The third-order valence-electron chi connectivity index (χ3n) is 7.34. The fourth-order valence-corrected chi connectivity index (χ4v) is 6.49. The summed E-state index contributed by atoms with van der Waals surface area (Å²) in [5.41, 5.74) is 1.15. The Hall–Kier alpha value is -2.37. The maximum absolute atomic E-state index is 12.8. The Kier molecular flexibility index (Phi) is 4.60. The number of anilines is 2. The fourth-order valence-electron chi connectivity index (χ4n) is 6.49. The number of esters is 1. The molecule has 1 N–H and O–H groups in total. The van der Waals surface area contributed by atoms with Crippen LogP contribution in [0.3, 0.4) is 0 Å². The number of ether oxygens (including phenoxy) is 1. The molecular weight excluding hydrogens is 368 g/mol. The van der Waals surface area contributed by atoms with E-state index in [0.717, 1.165) is 37.9 Å². The Bertz CT molecular complexity index is 797. The molecule has 1 saturated heterocycles. The van der Waals surface area contributed by atoms with E-state index < -0.39 is 0 Å². The molecule has 2 amide bonds. The van der Waals surface area contributed by atoms with Crippen molar-refractivity contribution in [3.05, 3.63) is 24.3 Å².